The van der Waals surface area contributed by atoms with Gasteiger partial charge in [0.2, 0.25) is 0 Å². The Morgan fingerprint density at radius 3 is 1.32 bits per heavy atom. The summed E-state index contributed by atoms with van der Waals surface area (Å²) in [7, 11) is 0. The molecule has 22 heavy (non-hydrogen) atoms. The topological polar surface area (TPSA) is 105 Å². The first-order valence-electron chi connectivity index (χ1n) is 6.26. The second kappa shape index (κ2) is 10.4. The zero-order valence-corrected chi connectivity index (χ0v) is 12.5. The minimum Gasteiger partial charge on any atom is -0.298 e. The van der Waals surface area contributed by atoms with Gasteiger partial charge in [0, 0.05) is 0 Å². The molecular weight excluding hydrogens is 296 g/mol. The molecule has 0 aromatic carbocycles. The normalized spacial score (nSPS) is 9.73. The SMILES string of the molecule is C=C(C)C(=O)COOC(=O)CCC(=O)OOCC(=O)C(=C)C. The molecule has 0 fully saturated rings. The van der Waals surface area contributed by atoms with E-state index in [2.05, 4.69) is 32.7 Å². The van der Waals surface area contributed by atoms with Gasteiger partial charge in [0.25, 0.3) is 0 Å². The number of rotatable bonds is 11. The maximum absolute atomic E-state index is 11.2. The van der Waals surface area contributed by atoms with Gasteiger partial charge in [-0.15, -0.1) is 0 Å². The Kier molecular flexibility index (Phi) is 9.31. The predicted octanol–water partition coefficient (Wildman–Crippen LogP) is 1.01. The summed E-state index contributed by atoms with van der Waals surface area (Å²) in [5, 5.41) is 0. The summed E-state index contributed by atoms with van der Waals surface area (Å²) in [6, 6.07) is 0. The van der Waals surface area contributed by atoms with Crippen LogP contribution < -0.4 is 0 Å². The molecular formula is C14H18O8. The molecule has 0 aliphatic rings. The standard InChI is InChI=1S/C14H18O8/c1-9(2)11(15)7-19-21-13(17)5-6-14(18)22-20-8-12(16)10(3)4/h1,3,5-8H2,2,4H3. The fourth-order valence-corrected chi connectivity index (χ4v) is 0.831. The molecule has 0 unspecified atom stereocenters. The summed E-state index contributed by atoms with van der Waals surface area (Å²) >= 11 is 0. The summed E-state index contributed by atoms with van der Waals surface area (Å²) < 4.78 is 0. The quantitative estimate of drug-likeness (QED) is 0.316. The molecule has 0 aromatic heterocycles. The second-order valence-corrected chi connectivity index (χ2v) is 4.34. The maximum Gasteiger partial charge on any atom is 0.342 e. The van der Waals surface area contributed by atoms with Gasteiger partial charge in [0.05, 0.1) is 12.8 Å². The highest BCUT2D eigenvalue weighted by Gasteiger charge is 2.13. The smallest absolute Gasteiger partial charge is 0.298 e. The summed E-state index contributed by atoms with van der Waals surface area (Å²) in [6.45, 7) is 8.86. The zero-order chi connectivity index (χ0) is 17.1. The lowest BCUT2D eigenvalue weighted by Gasteiger charge is -2.04. The van der Waals surface area contributed by atoms with Gasteiger partial charge in [0.1, 0.15) is 0 Å². The highest BCUT2D eigenvalue weighted by molar-refractivity contribution is 5.95. The van der Waals surface area contributed by atoms with E-state index >= 15 is 0 Å². The Morgan fingerprint density at radius 2 is 1.05 bits per heavy atom. The van der Waals surface area contributed by atoms with Crippen LogP contribution in [0.1, 0.15) is 26.7 Å². The molecule has 0 spiro atoms. The van der Waals surface area contributed by atoms with Gasteiger partial charge in [-0.1, -0.05) is 13.2 Å². The van der Waals surface area contributed by atoms with Crippen molar-refractivity contribution in [3.05, 3.63) is 24.3 Å². The third-order valence-corrected chi connectivity index (χ3v) is 2.17. The van der Waals surface area contributed by atoms with Gasteiger partial charge >= 0.3 is 11.9 Å². The van der Waals surface area contributed by atoms with Crippen LogP contribution in [-0.4, -0.2) is 36.7 Å². The Balaban J connectivity index is 3.75. The molecule has 122 valence electrons. The number of hydrogen-bond donors (Lipinski definition) is 0. The largest absolute Gasteiger partial charge is 0.342 e. The van der Waals surface area contributed by atoms with Crippen molar-refractivity contribution in [3.63, 3.8) is 0 Å². The van der Waals surface area contributed by atoms with Crippen molar-refractivity contribution < 1.29 is 38.7 Å². The molecule has 0 saturated heterocycles. The van der Waals surface area contributed by atoms with Crippen molar-refractivity contribution >= 4 is 23.5 Å². The van der Waals surface area contributed by atoms with Crippen LogP contribution in [0, 0.1) is 0 Å². The molecule has 0 aromatic rings. The first-order valence-corrected chi connectivity index (χ1v) is 6.26. The third-order valence-electron chi connectivity index (χ3n) is 2.17. The van der Waals surface area contributed by atoms with Crippen molar-refractivity contribution in [2.45, 2.75) is 26.7 Å². The lowest BCUT2D eigenvalue weighted by Crippen LogP contribution is -2.16. The van der Waals surface area contributed by atoms with E-state index in [1.807, 2.05) is 0 Å². The van der Waals surface area contributed by atoms with Gasteiger partial charge in [-0.05, 0) is 25.0 Å². The molecule has 0 aliphatic carbocycles. The molecule has 0 radical (unpaired) electrons. The van der Waals surface area contributed by atoms with Crippen molar-refractivity contribution in [2.75, 3.05) is 13.2 Å². The van der Waals surface area contributed by atoms with Crippen molar-refractivity contribution in [1.82, 2.24) is 0 Å². The van der Waals surface area contributed by atoms with Crippen LogP contribution >= 0.6 is 0 Å². The first kappa shape index (κ1) is 19.7. The summed E-state index contributed by atoms with van der Waals surface area (Å²) in [5.74, 6) is -2.54. The average Bonchev–Trinajstić information content (AvgIpc) is 2.44. The molecule has 8 heteroatoms. The first-order chi connectivity index (χ1) is 10.2. The molecule has 0 rings (SSSR count). The highest BCUT2D eigenvalue weighted by Crippen LogP contribution is 1.99. The van der Waals surface area contributed by atoms with Gasteiger partial charge in [0.15, 0.2) is 24.8 Å². The van der Waals surface area contributed by atoms with Gasteiger partial charge < -0.3 is 0 Å². The molecule has 0 amide bonds. The molecule has 0 aliphatic heterocycles. The lowest BCUT2D eigenvalue weighted by atomic mass is 10.2. The van der Waals surface area contributed by atoms with E-state index in [0.717, 1.165) is 0 Å². The summed E-state index contributed by atoms with van der Waals surface area (Å²) in [6.07, 6.45) is -0.671. The number of ketones is 2. The second-order valence-electron chi connectivity index (χ2n) is 4.34. The monoisotopic (exact) mass is 314 g/mol. The van der Waals surface area contributed by atoms with E-state index in [1.54, 1.807) is 0 Å². The fourth-order valence-electron chi connectivity index (χ4n) is 0.831. The predicted molar refractivity (Wildman–Crippen MR) is 73.0 cm³/mol. The van der Waals surface area contributed by atoms with Crippen LogP contribution in [0.5, 0.6) is 0 Å². The van der Waals surface area contributed by atoms with E-state index in [1.165, 1.54) is 13.8 Å². The van der Waals surface area contributed by atoms with Gasteiger partial charge in [-0.2, -0.15) is 9.78 Å². The minimum atomic E-state index is -0.857. The van der Waals surface area contributed by atoms with Crippen molar-refractivity contribution in [2.24, 2.45) is 0 Å². The molecule has 0 atom stereocenters. The maximum atomic E-state index is 11.2. The minimum absolute atomic E-state index is 0.265. The van der Waals surface area contributed by atoms with Crippen LogP contribution in [0.25, 0.3) is 0 Å². The summed E-state index contributed by atoms with van der Waals surface area (Å²) in [4.78, 5) is 61.8. The molecule has 0 heterocycles. The van der Waals surface area contributed by atoms with Crippen molar-refractivity contribution in [1.29, 1.82) is 0 Å². The van der Waals surface area contributed by atoms with E-state index in [9.17, 15) is 19.2 Å². The average molecular weight is 314 g/mol. The molecule has 0 bridgehead atoms. The van der Waals surface area contributed by atoms with Crippen LogP contribution in [-0.2, 0) is 38.7 Å². The molecule has 8 nitrogen and oxygen atoms in total. The number of Topliss-reactive ketones (excluding diaryl/α,β-unsaturated/α-hetero) is 2. The third kappa shape index (κ3) is 9.56. The van der Waals surface area contributed by atoms with E-state index < -0.39 is 36.7 Å². The van der Waals surface area contributed by atoms with Crippen molar-refractivity contribution in [3.8, 4) is 0 Å². The Hall–Kier alpha value is -2.32. The van der Waals surface area contributed by atoms with E-state index in [0.29, 0.717) is 0 Å². The van der Waals surface area contributed by atoms with Gasteiger partial charge in [-0.3, -0.25) is 19.4 Å². The summed E-state index contributed by atoms with van der Waals surface area (Å²) in [5.41, 5.74) is 0.530. The van der Waals surface area contributed by atoms with Crippen LogP contribution in [0.4, 0.5) is 0 Å². The molecule has 0 N–H and O–H groups in total. The fraction of sp³-hybridized carbons (Fsp3) is 0.429. The van der Waals surface area contributed by atoms with Crippen LogP contribution in [0.2, 0.25) is 0 Å². The molecule has 0 saturated carbocycles. The van der Waals surface area contributed by atoms with Gasteiger partial charge in [-0.25, -0.2) is 9.59 Å². The van der Waals surface area contributed by atoms with E-state index in [-0.39, 0.29) is 24.0 Å². The number of hydrogen-bond acceptors (Lipinski definition) is 8. The van der Waals surface area contributed by atoms with Crippen LogP contribution in [0.15, 0.2) is 24.3 Å². The Bertz CT molecular complexity index is 433. The zero-order valence-electron chi connectivity index (χ0n) is 12.5. The number of carbonyl (C=O) groups excluding carboxylic acids is 4. The number of carbonyl (C=O) groups is 4. The van der Waals surface area contributed by atoms with E-state index in [4.69, 9.17) is 0 Å². The Morgan fingerprint density at radius 1 is 0.727 bits per heavy atom. The highest BCUT2D eigenvalue weighted by atomic mass is 17.2. The van der Waals surface area contributed by atoms with Crippen LogP contribution in [0.3, 0.4) is 0 Å². The lowest BCUT2D eigenvalue weighted by molar-refractivity contribution is -0.273. The Labute approximate surface area is 127 Å².